The first kappa shape index (κ1) is 13.6. The van der Waals surface area contributed by atoms with Gasteiger partial charge in [0.2, 0.25) is 0 Å². The Bertz CT molecular complexity index is 837. The molecule has 6 heteroatoms. The molecule has 0 spiro atoms. The number of nitrogens with zero attached hydrogens (tertiary/aromatic N) is 1. The quantitative estimate of drug-likeness (QED) is 0.686. The lowest BCUT2D eigenvalue weighted by atomic mass is 10.1. The third-order valence-electron chi connectivity index (χ3n) is 3.09. The number of fused-ring (bicyclic) bond motifs is 1. The molecule has 0 aliphatic carbocycles. The van der Waals surface area contributed by atoms with Crippen molar-refractivity contribution in [2.24, 2.45) is 0 Å². The van der Waals surface area contributed by atoms with Crippen LogP contribution in [0.15, 0.2) is 42.6 Å². The standard InChI is InChI=1S/C15H10ClF2N3/c16-9-4-1-5-12(13(9)18)21-15-10(17)7-11(19)8-3-2-6-20-14(8)15/h1-7,21H,19H2. The van der Waals surface area contributed by atoms with Crippen molar-refractivity contribution in [2.45, 2.75) is 0 Å². The minimum absolute atomic E-state index is 0.0480. The molecule has 0 amide bonds. The Hall–Kier alpha value is -2.40. The van der Waals surface area contributed by atoms with E-state index in [-0.39, 0.29) is 22.1 Å². The van der Waals surface area contributed by atoms with Gasteiger partial charge in [-0.2, -0.15) is 0 Å². The summed E-state index contributed by atoms with van der Waals surface area (Å²) in [5.41, 5.74) is 6.49. The first-order valence-corrected chi connectivity index (χ1v) is 6.49. The van der Waals surface area contributed by atoms with E-state index in [0.717, 1.165) is 0 Å². The molecule has 0 saturated carbocycles. The third kappa shape index (κ3) is 2.36. The van der Waals surface area contributed by atoms with Gasteiger partial charge >= 0.3 is 0 Å². The lowest BCUT2D eigenvalue weighted by Gasteiger charge is -2.13. The van der Waals surface area contributed by atoms with Crippen LogP contribution in [-0.4, -0.2) is 4.98 Å². The number of hydrogen-bond donors (Lipinski definition) is 2. The Balaban J connectivity index is 2.19. The summed E-state index contributed by atoms with van der Waals surface area (Å²) < 4.78 is 28.1. The maximum atomic E-state index is 14.2. The molecule has 1 aromatic heterocycles. The maximum absolute atomic E-state index is 14.2. The van der Waals surface area contributed by atoms with E-state index < -0.39 is 11.6 Å². The van der Waals surface area contributed by atoms with E-state index in [4.69, 9.17) is 17.3 Å². The Morgan fingerprint density at radius 2 is 1.95 bits per heavy atom. The Labute approximate surface area is 124 Å². The molecule has 0 aliphatic heterocycles. The van der Waals surface area contributed by atoms with Gasteiger partial charge in [0.25, 0.3) is 0 Å². The van der Waals surface area contributed by atoms with Gasteiger partial charge in [-0.05, 0) is 30.3 Å². The molecule has 0 aliphatic rings. The minimum Gasteiger partial charge on any atom is -0.398 e. The number of anilines is 3. The summed E-state index contributed by atoms with van der Waals surface area (Å²) in [7, 11) is 0. The van der Waals surface area contributed by atoms with Crippen molar-refractivity contribution in [3.63, 3.8) is 0 Å². The molecule has 0 bridgehead atoms. The van der Waals surface area contributed by atoms with Crippen molar-refractivity contribution < 1.29 is 8.78 Å². The van der Waals surface area contributed by atoms with E-state index in [1.165, 1.54) is 24.4 Å². The Kier molecular flexibility index (Phi) is 3.35. The first-order chi connectivity index (χ1) is 10.1. The van der Waals surface area contributed by atoms with Gasteiger partial charge in [0.15, 0.2) is 11.6 Å². The molecule has 0 radical (unpaired) electrons. The zero-order chi connectivity index (χ0) is 15.0. The third-order valence-corrected chi connectivity index (χ3v) is 3.38. The Morgan fingerprint density at radius 3 is 2.76 bits per heavy atom. The van der Waals surface area contributed by atoms with E-state index in [0.29, 0.717) is 10.9 Å². The van der Waals surface area contributed by atoms with Crippen molar-refractivity contribution in [1.29, 1.82) is 0 Å². The summed E-state index contributed by atoms with van der Waals surface area (Å²) in [5, 5.41) is 3.24. The minimum atomic E-state index is -0.653. The molecular formula is C15H10ClF2N3. The van der Waals surface area contributed by atoms with Gasteiger partial charge in [0.05, 0.1) is 16.2 Å². The van der Waals surface area contributed by atoms with Crippen molar-refractivity contribution in [2.75, 3.05) is 11.1 Å². The smallest absolute Gasteiger partial charge is 0.165 e. The predicted octanol–water partition coefficient (Wildman–Crippen LogP) is 4.49. The van der Waals surface area contributed by atoms with Gasteiger partial charge < -0.3 is 11.1 Å². The molecular weight excluding hydrogens is 296 g/mol. The van der Waals surface area contributed by atoms with Crippen LogP contribution >= 0.6 is 11.6 Å². The number of halogens is 3. The number of nitrogens with two attached hydrogens (primary N) is 1. The number of benzene rings is 2. The number of aromatic nitrogens is 1. The number of nitrogens with one attached hydrogen (secondary N) is 1. The average Bonchev–Trinajstić information content (AvgIpc) is 2.47. The maximum Gasteiger partial charge on any atom is 0.165 e. The van der Waals surface area contributed by atoms with Crippen molar-refractivity contribution in [3.05, 3.63) is 59.3 Å². The number of nitrogen functional groups attached to an aromatic ring is 1. The van der Waals surface area contributed by atoms with E-state index in [1.807, 2.05) is 0 Å². The van der Waals surface area contributed by atoms with Crippen LogP contribution in [0.4, 0.5) is 25.8 Å². The highest BCUT2D eigenvalue weighted by atomic mass is 35.5. The summed E-state index contributed by atoms with van der Waals surface area (Å²) >= 11 is 5.72. The van der Waals surface area contributed by atoms with Gasteiger partial charge in [-0.15, -0.1) is 0 Å². The monoisotopic (exact) mass is 305 g/mol. The molecule has 3 nitrogen and oxygen atoms in total. The second-order valence-corrected chi connectivity index (χ2v) is 4.86. The largest absolute Gasteiger partial charge is 0.398 e. The molecule has 3 N–H and O–H groups in total. The van der Waals surface area contributed by atoms with Crippen LogP contribution in [0.2, 0.25) is 5.02 Å². The highest BCUT2D eigenvalue weighted by Crippen LogP contribution is 2.33. The molecule has 0 atom stereocenters. The fraction of sp³-hybridized carbons (Fsp3) is 0. The topological polar surface area (TPSA) is 50.9 Å². The molecule has 2 aromatic carbocycles. The van der Waals surface area contributed by atoms with Crippen LogP contribution in [0.3, 0.4) is 0 Å². The van der Waals surface area contributed by atoms with E-state index in [2.05, 4.69) is 10.3 Å². The van der Waals surface area contributed by atoms with Crippen molar-refractivity contribution in [1.82, 2.24) is 4.98 Å². The SMILES string of the molecule is Nc1cc(F)c(Nc2cccc(Cl)c2F)c2ncccc12. The molecule has 3 aromatic rings. The van der Waals surface area contributed by atoms with Crippen LogP contribution in [-0.2, 0) is 0 Å². The molecule has 0 saturated heterocycles. The van der Waals surface area contributed by atoms with Crippen LogP contribution in [0, 0.1) is 11.6 Å². The second-order valence-electron chi connectivity index (χ2n) is 4.45. The van der Waals surface area contributed by atoms with Gasteiger partial charge in [-0.3, -0.25) is 4.98 Å². The summed E-state index contributed by atoms with van der Waals surface area (Å²) in [6.45, 7) is 0. The van der Waals surface area contributed by atoms with E-state index in [9.17, 15) is 8.78 Å². The lowest BCUT2D eigenvalue weighted by molar-refractivity contribution is 0.627. The zero-order valence-corrected chi connectivity index (χ0v) is 11.5. The van der Waals surface area contributed by atoms with Gasteiger partial charge in [-0.25, -0.2) is 8.78 Å². The number of pyridine rings is 1. The number of rotatable bonds is 2. The van der Waals surface area contributed by atoms with Crippen LogP contribution in [0.25, 0.3) is 10.9 Å². The average molecular weight is 306 g/mol. The Morgan fingerprint density at radius 1 is 1.14 bits per heavy atom. The van der Waals surface area contributed by atoms with Crippen molar-refractivity contribution in [3.8, 4) is 0 Å². The summed E-state index contributed by atoms with van der Waals surface area (Å²) in [6, 6.07) is 9.04. The fourth-order valence-corrected chi connectivity index (χ4v) is 2.27. The molecule has 0 fully saturated rings. The van der Waals surface area contributed by atoms with Gasteiger partial charge in [0, 0.05) is 17.3 Å². The zero-order valence-electron chi connectivity index (χ0n) is 10.7. The van der Waals surface area contributed by atoms with Gasteiger partial charge in [-0.1, -0.05) is 17.7 Å². The first-order valence-electron chi connectivity index (χ1n) is 6.11. The van der Waals surface area contributed by atoms with E-state index in [1.54, 1.807) is 18.2 Å². The summed E-state index contributed by atoms with van der Waals surface area (Å²) in [4.78, 5) is 4.11. The molecule has 106 valence electrons. The predicted molar refractivity (Wildman–Crippen MR) is 80.8 cm³/mol. The normalized spacial score (nSPS) is 10.8. The van der Waals surface area contributed by atoms with Crippen LogP contribution < -0.4 is 11.1 Å². The highest BCUT2D eigenvalue weighted by molar-refractivity contribution is 6.31. The second kappa shape index (κ2) is 5.18. The lowest BCUT2D eigenvalue weighted by Crippen LogP contribution is -2.01. The fourth-order valence-electron chi connectivity index (χ4n) is 2.09. The van der Waals surface area contributed by atoms with E-state index >= 15 is 0 Å². The van der Waals surface area contributed by atoms with Crippen molar-refractivity contribution >= 4 is 39.6 Å². The molecule has 1 heterocycles. The summed E-state index contributed by atoms with van der Waals surface area (Å²) in [6.07, 6.45) is 1.51. The molecule has 3 rings (SSSR count). The molecule has 0 unspecified atom stereocenters. The van der Waals surface area contributed by atoms with Gasteiger partial charge in [0.1, 0.15) is 5.69 Å². The van der Waals surface area contributed by atoms with Crippen LogP contribution in [0.1, 0.15) is 0 Å². The summed E-state index contributed by atoms with van der Waals surface area (Å²) in [5.74, 6) is -1.27. The molecule has 21 heavy (non-hydrogen) atoms. The highest BCUT2D eigenvalue weighted by Gasteiger charge is 2.14. The van der Waals surface area contributed by atoms with Crippen LogP contribution in [0.5, 0.6) is 0 Å². The number of hydrogen-bond acceptors (Lipinski definition) is 3.